The van der Waals surface area contributed by atoms with Crippen LogP contribution in [-0.2, 0) is 6.42 Å². The maximum atomic E-state index is 3.11. The van der Waals surface area contributed by atoms with Crippen molar-refractivity contribution < 1.29 is 0 Å². The molecule has 0 bridgehead atoms. The lowest BCUT2D eigenvalue weighted by Gasteiger charge is -2.02. The summed E-state index contributed by atoms with van der Waals surface area (Å²) in [5, 5.41) is 0. The van der Waals surface area contributed by atoms with E-state index in [4.69, 9.17) is 0 Å². The molecule has 0 saturated heterocycles. The van der Waals surface area contributed by atoms with Crippen molar-refractivity contribution in [3.8, 4) is 0 Å². The van der Waals surface area contributed by atoms with E-state index in [0.717, 1.165) is 0 Å². The van der Waals surface area contributed by atoms with E-state index >= 15 is 0 Å². The first-order valence-corrected chi connectivity index (χ1v) is 4.30. The predicted octanol–water partition coefficient (Wildman–Crippen LogP) is 3.14. The largest absolute Gasteiger partial charge is 0.0654 e. The van der Waals surface area contributed by atoms with Crippen LogP contribution in [0.1, 0.15) is 30.9 Å². The Hall–Kier alpha value is -0.780. The first kappa shape index (κ1) is 8.32. The van der Waals surface area contributed by atoms with Gasteiger partial charge in [-0.3, -0.25) is 0 Å². The highest BCUT2D eigenvalue weighted by molar-refractivity contribution is 5.24. The molecule has 0 amide bonds. The molecule has 1 aromatic carbocycles. The van der Waals surface area contributed by atoms with Crippen LogP contribution in [0.15, 0.2) is 18.2 Å². The SMILES string of the molecule is CCCCc1c[c]ccc1C. The maximum absolute atomic E-state index is 3.11. The van der Waals surface area contributed by atoms with Crippen LogP contribution >= 0.6 is 0 Å². The third-order valence-corrected chi connectivity index (χ3v) is 1.99. The van der Waals surface area contributed by atoms with Gasteiger partial charge in [0.2, 0.25) is 0 Å². The van der Waals surface area contributed by atoms with E-state index < -0.39 is 0 Å². The van der Waals surface area contributed by atoms with Crippen molar-refractivity contribution in [3.63, 3.8) is 0 Å². The van der Waals surface area contributed by atoms with Gasteiger partial charge in [0, 0.05) is 0 Å². The molecule has 0 saturated carbocycles. The van der Waals surface area contributed by atoms with Crippen LogP contribution in [0.5, 0.6) is 0 Å². The van der Waals surface area contributed by atoms with Crippen molar-refractivity contribution in [2.75, 3.05) is 0 Å². The van der Waals surface area contributed by atoms with Crippen LogP contribution in [0.3, 0.4) is 0 Å². The van der Waals surface area contributed by atoms with Crippen LogP contribution in [0.25, 0.3) is 0 Å². The first-order valence-electron chi connectivity index (χ1n) is 4.30. The van der Waals surface area contributed by atoms with Gasteiger partial charge in [0.15, 0.2) is 0 Å². The standard InChI is InChI=1S/C11H15/c1-3-4-8-11-9-6-5-7-10(11)2/h5,7,9H,3-4,8H2,1-2H3. The molecule has 0 spiro atoms. The first-order chi connectivity index (χ1) is 5.34. The van der Waals surface area contributed by atoms with Gasteiger partial charge in [-0.05, 0) is 37.0 Å². The Morgan fingerprint density at radius 2 is 2.27 bits per heavy atom. The van der Waals surface area contributed by atoms with Crippen LogP contribution in [-0.4, -0.2) is 0 Å². The van der Waals surface area contributed by atoms with Crippen LogP contribution in [0, 0.1) is 13.0 Å². The highest BCUT2D eigenvalue weighted by atomic mass is 14.0. The summed E-state index contributed by atoms with van der Waals surface area (Å²) < 4.78 is 0. The van der Waals surface area contributed by atoms with E-state index in [1.165, 1.54) is 30.4 Å². The number of rotatable bonds is 3. The summed E-state index contributed by atoms with van der Waals surface area (Å²) in [5.41, 5.74) is 2.85. The fraction of sp³-hybridized carbons (Fsp3) is 0.455. The fourth-order valence-electron chi connectivity index (χ4n) is 1.18. The molecular formula is C11H15. The van der Waals surface area contributed by atoms with Crippen LogP contribution < -0.4 is 0 Å². The van der Waals surface area contributed by atoms with E-state index in [1.54, 1.807) is 0 Å². The molecule has 0 aliphatic heterocycles. The van der Waals surface area contributed by atoms with Crippen molar-refractivity contribution >= 4 is 0 Å². The molecule has 0 heterocycles. The number of aryl methyl sites for hydroxylation is 2. The molecule has 0 aliphatic rings. The zero-order chi connectivity index (χ0) is 8.10. The van der Waals surface area contributed by atoms with Gasteiger partial charge in [0.1, 0.15) is 0 Å². The molecule has 0 nitrogen and oxygen atoms in total. The van der Waals surface area contributed by atoms with Gasteiger partial charge < -0.3 is 0 Å². The van der Waals surface area contributed by atoms with E-state index in [0.29, 0.717) is 0 Å². The molecule has 59 valence electrons. The minimum Gasteiger partial charge on any atom is -0.0654 e. The quantitative estimate of drug-likeness (QED) is 0.616. The average molecular weight is 147 g/mol. The van der Waals surface area contributed by atoms with Crippen molar-refractivity contribution in [2.24, 2.45) is 0 Å². The summed E-state index contributed by atoms with van der Waals surface area (Å²) in [4.78, 5) is 0. The molecule has 1 radical (unpaired) electrons. The second kappa shape index (κ2) is 4.17. The fourth-order valence-corrected chi connectivity index (χ4v) is 1.18. The molecule has 0 N–H and O–H groups in total. The highest BCUT2D eigenvalue weighted by Crippen LogP contribution is 2.09. The van der Waals surface area contributed by atoms with Crippen LogP contribution in [0.4, 0.5) is 0 Å². The normalized spacial score (nSPS) is 10.0. The van der Waals surface area contributed by atoms with E-state index in [1.807, 2.05) is 6.07 Å². The number of hydrogen-bond donors (Lipinski definition) is 0. The highest BCUT2D eigenvalue weighted by Gasteiger charge is 1.94. The van der Waals surface area contributed by atoms with Gasteiger partial charge in [-0.15, -0.1) is 0 Å². The number of hydrogen-bond acceptors (Lipinski definition) is 0. The Kier molecular flexibility index (Phi) is 3.15. The molecule has 0 atom stereocenters. The Morgan fingerprint density at radius 3 is 2.91 bits per heavy atom. The third-order valence-electron chi connectivity index (χ3n) is 1.99. The van der Waals surface area contributed by atoms with Gasteiger partial charge in [-0.25, -0.2) is 0 Å². The Bertz CT molecular complexity index is 213. The Morgan fingerprint density at radius 1 is 1.45 bits per heavy atom. The predicted molar refractivity (Wildman–Crippen MR) is 48.6 cm³/mol. The molecule has 1 aromatic rings. The van der Waals surface area contributed by atoms with E-state index in [2.05, 4.69) is 32.0 Å². The van der Waals surface area contributed by atoms with E-state index in [9.17, 15) is 0 Å². The second-order valence-corrected chi connectivity index (χ2v) is 2.96. The van der Waals surface area contributed by atoms with Crippen molar-refractivity contribution in [2.45, 2.75) is 33.1 Å². The molecular weight excluding hydrogens is 132 g/mol. The van der Waals surface area contributed by atoms with Crippen LogP contribution in [0.2, 0.25) is 0 Å². The van der Waals surface area contributed by atoms with Gasteiger partial charge >= 0.3 is 0 Å². The van der Waals surface area contributed by atoms with Gasteiger partial charge in [-0.2, -0.15) is 0 Å². The lowest BCUT2D eigenvalue weighted by atomic mass is 10.0. The zero-order valence-corrected chi connectivity index (χ0v) is 7.35. The summed E-state index contributed by atoms with van der Waals surface area (Å²) in [6.07, 6.45) is 3.77. The topological polar surface area (TPSA) is 0 Å². The lowest BCUT2D eigenvalue weighted by molar-refractivity contribution is 0.791. The maximum Gasteiger partial charge on any atom is -0.0181 e. The molecule has 0 aromatic heterocycles. The van der Waals surface area contributed by atoms with Gasteiger partial charge in [0.25, 0.3) is 0 Å². The number of benzene rings is 1. The third kappa shape index (κ3) is 2.38. The summed E-state index contributed by atoms with van der Waals surface area (Å²) in [7, 11) is 0. The molecule has 0 fully saturated rings. The summed E-state index contributed by atoms with van der Waals surface area (Å²) in [6.45, 7) is 4.39. The smallest absolute Gasteiger partial charge is 0.0181 e. The van der Waals surface area contributed by atoms with Gasteiger partial charge in [0.05, 0.1) is 0 Å². The molecule has 11 heavy (non-hydrogen) atoms. The Balaban J connectivity index is 2.62. The molecule has 0 unspecified atom stereocenters. The molecule has 0 aliphatic carbocycles. The second-order valence-electron chi connectivity index (χ2n) is 2.96. The number of unbranched alkanes of at least 4 members (excludes halogenated alkanes) is 1. The Labute approximate surface area is 69.3 Å². The summed E-state index contributed by atoms with van der Waals surface area (Å²) >= 11 is 0. The zero-order valence-electron chi connectivity index (χ0n) is 7.35. The minimum atomic E-state index is 1.21. The van der Waals surface area contributed by atoms with Gasteiger partial charge in [-0.1, -0.05) is 31.5 Å². The summed E-state index contributed by atoms with van der Waals surface area (Å²) in [6, 6.07) is 9.32. The monoisotopic (exact) mass is 147 g/mol. The van der Waals surface area contributed by atoms with E-state index in [-0.39, 0.29) is 0 Å². The van der Waals surface area contributed by atoms with Crippen molar-refractivity contribution in [1.82, 2.24) is 0 Å². The molecule has 1 rings (SSSR count). The molecule has 0 heteroatoms. The minimum absolute atomic E-state index is 1.21. The average Bonchev–Trinajstić information content (AvgIpc) is 2.03. The van der Waals surface area contributed by atoms with Crippen molar-refractivity contribution in [1.29, 1.82) is 0 Å². The van der Waals surface area contributed by atoms with Crippen molar-refractivity contribution in [3.05, 3.63) is 35.4 Å². The lowest BCUT2D eigenvalue weighted by Crippen LogP contribution is -1.87. The summed E-state index contributed by atoms with van der Waals surface area (Å²) in [5.74, 6) is 0.